The molecule has 21 heavy (non-hydrogen) atoms. The van der Waals surface area contributed by atoms with Gasteiger partial charge in [0.25, 0.3) is 0 Å². The van der Waals surface area contributed by atoms with Crippen LogP contribution in [0.1, 0.15) is 6.92 Å². The molecular formula is C14H17ClN4OS. The minimum absolute atomic E-state index is 0.0509. The number of rotatable bonds is 5. The second-order valence-electron chi connectivity index (χ2n) is 4.64. The van der Waals surface area contributed by atoms with E-state index in [-0.39, 0.29) is 5.91 Å². The van der Waals surface area contributed by atoms with E-state index in [1.807, 2.05) is 35.8 Å². The Bertz CT molecular complexity index is 642. The van der Waals surface area contributed by atoms with Crippen molar-refractivity contribution < 1.29 is 4.79 Å². The molecule has 0 N–H and O–H groups in total. The fraction of sp³-hybridized carbons (Fsp3) is 0.357. The number of aromatic nitrogens is 3. The SMILES string of the molecule is CCn1c(SCC(=O)N(C)C)nnc1-c1cccc(Cl)c1. The highest BCUT2D eigenvalue weighted by Crippen LogP contribution is 2.25. The monoisotopic (exact) mass is 324 g/mol. The fourth-order valence-electron chi connectivity index (χ4n) is 1.78. The second-order valence-corrected chi connectivity index (χ2v) is 6.02. The van der Waals surface area contributed by atoms with Gasteiger partial charge in [0, 0.05) is 31.2 Å². The Morgan fingerprint density at radius 1 is 1.38 bits per heavy atom. The first-order chi connectivity index (χ1) is 10.0. The summed E-state index contributed by atoms with van der Waals surface area (Å²) in [4.78, 5) is 13.2. The number of thioether (sulfide) groups is 1. The molecule has 0 radical (unpaired) electrons. The van der Waals surface area contributed by atoms with Gasteiger partial charge in [-0.3, -0.25) is 4.79 Å². The van der Waals surface area contributed by atoms with E-state index < -0.39 is 0 Å². The maximum Gasteiger partial charge on any atom is 0.232 e. The Hall–Kier alpha value is -1.53. The molecule has 112 valence electrons. The molecular weight excluding hydrogens is 308 g/mol. The molecule has 0 saturated carbocycles. The summed E-state index contributed by atoms with van der Waals surface area (Å²) in [5.74, 6) is 1.16. The summed E-state index contributed by atoms with van der Waals surface area (Å²) in [5.41, 5.74) is 0.919. The van der Waals surface area contributed by atoms with Crippen LogP contribution >= 0.6 is 23.4 Å². The Labute approximate surface area is 133 Å². The van der Waals surface area contributed by atoms with E-state index in [1.54, 1.807) is 19.0 Å². The lowest BCUT2D eigenvalue weighted by Crippen LogP contribution is -2.23. The van der Waals surface area contributed by atoms with E-state index >= 15 is 0 Å². The molecule has 0 saturated heterocycles. The number of halogens is 1. The van der Waals surface area contributed by atoms with Gasteiger partial charge in [0.15, 0.2) is 11.0 Å². The molecule has 0 spiro atoms. The van der Waals surface area contributed by atoms with Crippen molar-refractivity contribution in [2.75, 3.05) is 19.8 Å². The summed E-state index contributed by atoms with van der Waals surface area (Å²) in [6.45, 7) is 2.75. The van der Waals surface area contributed by atoms with E-state index in [9.17, 15) is 4.79 Å². The summed E-state index contributed by atoms with van der Waals surface area (Å²) in [6, 6.07) is 7.51. The Morgan fingerprint density at radius 2 is 2.14 bits per heavy atom. The molecule has 1 amide bonds. The van der Waals surface area contributed by atoms with Crippen LogP contribution in [0.5, 0.6) is 0 Å². The maximum atomic E-state index is 11.7. The van der Waals surface area contributed by atoms with Crippen LogP contribution in [0.25, 0.3) is 11.4 Å². The molecule has 0 aliphatic carbocycles. The Balaban J connectivity index is 2.24. The fourth-order valence-corrected chi connectivity index (χ4v) is 2.95. The molecule has 0 aliphatic heterocycles. The van der Waals surface area contributed by atoms with Gasteiger partial charge in [0.1, 0.15) is 0 Å². The third kappa shape index (κ3) is 3.77. The molecule has 0 bridgehead atoms. The van der Waals surface area contributed by atoms with Gasteiger partial charge in [-0.1, -0.05) is 35.5 Å². The minimum Gasteiger partial charge on any atom is -0.348 e. The van der Waals surface area contributed by atoms with Crippen LogP contribution in [0.15, 0.2) is 29.4 Å². The number of nitrogens with zero attached hydrogens (tertiary/aromatic N) is 4. The van der Waals surface area contributed by atoms with Crippen LogP contribution in [-0.4, -0.2) is 45.4 Å². The normalized spacial score (nSPS) is 10.7. The van der Waals surface area contributed by atoms with Crippen molar-refractivity contribution in [3.8, 4) is 11.4 Å². The van der Waals surface area contributed by atoms with E-state index in [0.29, 0.717) is 10.8 Å². The van der Waals surface area contributed by atoms with E-state index in [1.165, 1.54) is 11.8 Å². The lowest BCUT2D eigenvalue weighted by atomic mass is 10.2. The highest BCUT2D eigenvalue weighted by molar-refractivity contribution is 7.99. The molecule has 0 aliphatic rings. The first kappa shape index (κ1) is 15.9. The third-order valence-corrected chi connectivity index (χ3v) is 4.13. The number of carbonyl (C=O) groups excluding carboxylic acids is 1. The summed E-state index contributed by atoms with van der Waals surface area (Å²) in [5, 5.41) is 9.82. The van der Waals surface area contributed by atoms with Crippen molar-refractivity contribution in [3.63, 3.8) is 0 Å². The molecule has 0 atom stereocenters. The average molecular weight is 325 g/mol. The number of hydrogen-bond acceptors (Lipinski definition) is 4. The lowest BCUT2D eigenvalue weighted by Gasteiger charge is -2.10. The molecule has 5 nitrogen and oxygen atoms in total. The first-order valence-electron chi connectivity index (χ1n) is 6.55. The zero-order chi connectivity index (χ0) is 15.4. The highest BCUT2D eigenvalue weighted by Gasteiger charge is 2.15. The van der Waals surface area contributed by atoms with Crippen molar-refractivity contribution in [1.29, 1.82) is 0 Å². The summed E-state index contributed by atoms with van der Waals surface area (Å²) < 4.78 is 1.99. The van der Waals surface area contributed by atoms with Crippen molar-refractivity contribution in [2.45, 2.75) is 18.6 Å². The molecule has 1 aromatic carbocycles. The van der Waals surface area contributed by atoms with Crippen LogP contribution in [0.2, 0.25) is 5.02 Å². The maximum absolute atomic E-state index is 11.7. The van der Waals surface area contributed by atoms with Crippen molar-refractivity contribution in [2.24, 2.45) is 0 Å². The van der Waals surface area contributed by atoms with Crippen molar-refractivity contribution in [3.05, 3.63) is 29.3 Å². The number of hydrogen-bond donors (Lipinski definition) is 0. The van der Waals surface area contributed by atoms with Gasteiger partial charge in [-0.2, -0.15) is 0 Å². The topological polar surface area (TPSA) is 51.0 Å². The third-order valence-electron chi connectivity index (χ3n) is 2.94. The van der Waals surface area contributed by atoms with Gasteiger partial charge in [-0.25, -0.2) is 0 Å². The van der Waals surface area contributed by atoms with E-state index in [2.05, 4.69) is 10.2 Å². The van der Waals surface area contributed by atoms with Gasteiger partial charge < -0.3 is 9.47 Å². The predicted octanol–water partition coefficient (Wildman–Crippen LogP) is 2.80. The smallest absolute Gasteiger partial charge is 0.232 e. The minimum atomic E-state index is 0.0509. The van der Waals surface area contributed by atoms with Gasteiger partial charge >= 0.3 is 0 Å². The van der Waals surface area contributed by atoms with Gasteiger partial charge in [0.2, 0.25) is 5.91 Å². The summed E-state index contributed by atoms with van der Waals surface area (Å²) in [7, 11) is 3.48. The summed E-state index contributed by atoms with van der Waals surface area (Å²) in [6.07, 6.45) is 0. The van der Waals surface area contributed by atoms with Crippen molar-refractivity contribution in [1.82, 2.24) is 19.7 Å². The standard InChI is InChI=1S/C14H17ClN4OS/c1-4-19-13(10-6-5-7-11(15)8-10)16-17-14(19)21-9-12(20)18(2)3/h5-8H,4,9H2,1-3H3. The molecule has 2 rings (SSSR count). The molecule has 0 fully saturated rings. The molecule has 1 aromatic heterocycles. The Morgan fingerprint density at radius 3 is 2.76 bits per heavy atom. The van der Waals surface area contributed by atoms with Crippen LogP contribution in [0.4, 0.5) is 0 Å². The molecule has 1 heterocycles. The van der Waals surface area contributed by atoms with E-state index in [4.69, 9.17) is 11.6 Å². The summed E-state index contributed by atoms with van der Waals surface area (Å²) >= 11 is 7.41. The average Bonchev–Trinajstić information content (AvgIpc) is 2.87. The highest BCUT2D eigenvalue weighted by atomic mass is 35.5. The van der Waals surface area contributed by atoms with Gasteiger partial charge in [-0.05, 0) is 19.1 Å². The quantitative estimate of drug-likeness (QED) is 0.794. The van der Waals surface area contributed by atoms with Crippen LogP contribution in [-0.2, 0) is 11.3 Å². The zero-order valence-electron chi connectivity index (χ0n) is 12.2. The van der Waals surface area contributed by atoms with Crippen LogP contribution in [0, 0.1) is 0 Å². The van der Waals surface area contributed by atoms with Gasteiger partial charge in [0.05, 0.1) is 5.75 Å². The van der Waals surface area contributed by atoms with E-state index in [0.717, 1.165) is 23.1 Å². The van der Waals surface area contributed by atoms with Crippen molar-refractivity contribution >= 4 is 29.3 Å². The lowest BCUT2D eigenvalue weighted by molar-refractivity contribution is -0.125. The van der Waals surface area contributed by atoms with Crippen LogP contribution in [0.3, 0.4) is 0 Å². The second kappa shape index (κ2) is 6.95. The number of amides is 1. The molecule has 0 unspecified atom stereocenters. The Kier molecular flexibility index (Phi) is 5.25. The predicted molar refractivity (Wildman–Crippen MR) is 85.6 cm³/mol. The largest absolute Gasteiger partial charge is 0.348 e. The zero-order valence-corrected chi connectivity index (χ0v) is 13.8. The first-order valence-corrected chi connectivity index (χ1v) is 7.91. The van der Waals surface area contributed by atoms with Crippen LogP contribution < -0.4 is 0 Å². The molecule has 2 aromatic rings. The number of carbonyl (C=O) groups is 1. The molecule has 7 heteroatoms. The van der Waals surface area contributed by atoms with Gasteiger partial charge in [-0.15, -0.1) is 10.2 Å². The number of benzene rings is 1.